The Morgan fingerprint density at radius 3 is 2.57 bits per heavy atom. The number of hydrogen-bond acceptors (Lipinski definition) is 4. The minimum Gasteiger partial charge on any atom is -0.469 e. The van der Waals surface area contributed by atoms with Crippen LogP contribution < -0.4 is 0 Å². The van der Waals surface area contributed by atoms with Gasteiger partial charge in [0.15, 0.2) is 0 Å². The highest BCUT2D eigenvalue weighted by Crippen LogP contribution is 2.18. The molecule has 3 atom stereocenters. The molecule has 0 aromatic carbocycles. The Kier molecular flexibility index (Phi) is 6.16. The van der Waals surface area contributed by atoms with Gasteiger partial charge >= 0.3 is 5.97 Å². The van der Waals surface area contributed by atoms with E-state index >= 15 is 0 Å². The quantitative estimate of drug-likeness (QED) is 0.481. The Bertz CT molecular complexity index is 191. The number of aliphatic hydroxyl groups is 2. The van der Waals surface area contributed by atoms with Crippen molar-refractivity contribution < 1.29 is 19.7 Å². The molecule has 14 heavy (non-hydrogen) atoms. The molecule has 0 saturated heterocycles. The van der Waals surface area contributed by atoms with Crippen LogP contribution in [0.4, 0.5) is 0 Å². The van der Waals surface area contributed by atoms with Gasteiger partial charge in [-0.15, -0.1) is 6.58 Å². The van der Waals surface area contributed by atoms with Crippen molar-refractivity contribution >= 4 is 5.97 Å². The van der Waals surface area contributed by atoms with Gasteiger partial charge in [0.2, 0.25) is 0 Å². The molecular formula is C10H18O4. The molecule has 2 N–H and O–H groups in total. The van der Waals surface area contributed by atoms with Gasteiger partial charge in [-0.25, -0.2) is 0 Å². The lowest BCUT2D eigenvalue weighted by Gasteiger charge is -2.23. The molecule has 0 amide bonds. The first-order chi connectivity index (χ1) is 6.58. The number of carbonyl (C=O) groups excluding carboxylic acids is 1. The van der Waals surface area contributed by atoms with E-state index in [0.29, 0.717) is 6.42 Å². The van der Waals surface area contributed by atoms with Crippen LogP contribution in [-0.2, 0) is 9.53 Å². The van der Waals surface area contributed by atoms with Crippen LogP contribution in [-0.4, -0.2) is 36.0 Å². The summed E-state index contributed by atoms with van der Waals surface area (Å²) in [5, 5.41) is 18.5. The highest BCUT2D eigenvalue weighted by Gasteiger charge is 2.30. The van der Waals surface area contributed by atoms with Crippen LogP contribution in [0.25, 0.3) is 0 Å². The van der Waals surface area contributed by atoms with Crippen LogP contribution in [0.3, 0.4) is 0 Å². The predicted molar refractivity (Wildman–Crippen MR) is 52.6 cm³/mol. The first-order valence-electron chi connectivity index (χ1n) is 4.56. The standard InChI is InChI=1S/C10H18O4/c1-4-5-8(10(13)14-3)9(12)7(2)6-11/h4,7-9,11-12H,1,5-6H2,2-3H3/t7-,8-,9+/m0/s1. The molecule has 0 aliphatic rings. The highest BCUT2D eigenvalue weighted by molar-refractivity contribution is 5.73. The molecule has 0 heterocycles. The third-order valence-corrected chi connectivity index (χ3v) is 2.21. The second-order valence-corrected chi connectivity index (χ2v) is 3.30. The van der Waals surface area contributed by atoms with Crippen molar-refractivity contribution in [2.24, 2.45) is 11.8 Å². The van der Waals surface area contributed by atoms with Gasteiger partial charge in [0.25, 0.3) is 0 Å². The summed E-state index contributed by atoms with van der Waals surface area (Å²) in [6.45, 7) is 5.01. The average molecular weight is 202 g/mol. The smallest absolute Gasteiger partial charge is 0.311 e. The summed E-state index contributed by atoms with van der Waals surface area (Å²) in [6.07, 6.45) is 0.998. The molecular weight excluding hydrogens is 184 g/mol. The topological polar surface area (TPSA) is 66.8 Å². The van der Waals surface area contributed by atoms with Crippen molar-refractivity contribution in [3.63, 3.8) is 0 Å². The minimum atomic E-state index is -0.898. The number of methoxy groups -OCH3 is 1. The molecule has 0 spiro atoms. The second kappa shape index (κ2) is 6.56. The lowest BCUT2D eigenvalue weighted by atomic mass is 9.90. The molecule has 0 aliphatic heterocycles. The first kappa shape index (κ1) is 13.1. The Morgan fingerprint density at radius 1 is 1.64 bits per heavy atom. The normalized spacial score (nSPS) is 16.9. The molecule has 0 unspecified atom stereocenters. The van der Waals surface area contributed by atoms with Crippen molar-refractivity contribution in [1.29, 1.82) is 0 Å². The fourth-order valence-corrected chi connectivity index (χ4v) is 1.21. The first-order valence-corrected chi connectivity index (χ1v) is 4.56. The van der Waals surface area contributed by atoms with Crippen LogP contribution in [0.2, 0.25) is 0 Å². The van der Waals surface area contributed by atoms with Crippen LogP contribution in [0.15, 0.2) is 12.7 Å². The van der Waals surface area contributed by atoms with Gasteiger partial charge in [-0.1, -0.05) is 13.0 Å². The van der Waals surface area contributed by atoms with Gasteiger partial charge < -0.3 is 14.9 Å². The molecule has 0 aliphatic carbocycles. The van der Waals surface area contributed by atoms with Gasteiger partial charge in [-0.3, -0.25) is 4.79 Å². The second-order valence-electron chi connectivity index (χ2n) is 3.30. The predicted octanol–water partition coefficient (Wildman–Crippen LogP) is 0.341. The van der Waals surface area contributed by atoms with Crippen LogP contribution in [0.1, 0.15) is 13.3 Å². The van der Waals surface area contributed by atoms with Crippen LogP contribution >= 0.6 is 0 Å². The fraction of sp³-hybridized carbons (Fsp3) is 0.700. The number of esters is 1. The molecule has 4 heteroatoms. The lowest BCUT2D eigenvalue weighted by Crippen LogP contribution is -2.35. The van der Waals surface area contributed by atoms with Gasteiger partial charge in [-0.05, 0) is 6.42 Å². The third-order valence-electron chi connectivity index (χ3n) is 2.21. The summed E-state index contributed by atoms with van der Waals surface area (Å²) in [7, 11) is 1.27. The van der Waals surface area contributed by atoms with E-state index in [1.165, 1.54) is 7.11 Å². The van der Waals surface area contributed by atoms with E-state index in [1.54, 1.807) is 13.0 Å². The summed E-state index contributed by atoms with van der Waals surface area (Å²) < 4.78 is 4.55. The van der Waals surface area contributed by atoms with Crippen molar-refractivity contribution in [3.05, 3.63) is 12.7 Å². The van der Waals surface area contributed by atoms with E-state index in [2.05, 4.69) is 11.3 Å². The molecule has 0 aromatic heterocycles. The maximum Gasteiger partial charge on any atom is 0.311 e. The molecule has 0 aromatic rings. The number of rotatable bonds is 6. The number of ether oxygens (including phenoxy) is 1. The molecule has 0 rings (SSSR count). The Morgan fingerprint density at radius 2 is 2.21 bits per heavy atom. The van der Waals surface area contributed by atoms with Crippen LogP contribution in [0, 0.1) is 11.8 Å². The molecule has 0 radical (unpaired) electrons. The fourth-order valence-electron chi connectivity index (χ4n) is 1.21. The SMILES string of the molecule is C=CC[C@H](C(=O)OC)[C@H](O)[C@@H](C)CO. The van der Waals surface area contributed by atoms with Gasteiger partial charge in [0.1, 0.15) is 0 Å². The monoisotopic (exact) mass is 202 g/mol. The van der Waals surface area contributed by atoms with Gasteiger partial charge in [0.05, 0.1) is 19.1 Å². The average Bonchev–Trinajstić information content (AvgIpc) is 2.22. The van der Waals surface area contributed by atoms with Crippen molar-refractivity contribution in [2.75, 3.05) is 13.7 Å². The minimum absolute atomic E-state index is 0.161. The van der Waals surface area contributed by atoms with E-state index in [9.17, 15) is 9.90 Å². The largest absolute Gasteiger partial charge is 0.469 e. The maximum atomic E-state index is 11.3. The number of hydrogen-bond donors (Lipinski definition) is 2. The summed E-state index contributed by atoms with van der Waals surface area (Å²) in [5.74, 6) is -1.46. The van der Waals surface area contributed by atoms with E-state index in [1.807, 2.05) is 0 Å². The Labute approximate surface area is 84.2 Å². The molecule has 4 nitrogen and oxygen atoms in total. The van der Waals surface area contributed by atoms with E-state index < -0.39 is 18.0 Å². The molecule has 0 bridgehead atoms. The zero-order valence-corrected chi connectivity index (χ0v) is 8.64. The van der Waals surface area contributed by atoms with Gasteiger partial charge in [0, 0.05) is 12.5 Å². The molecule has 82 valence electrons. The molecule has 0 fully saturated rings. The lowest BCUT2D eigenvalue weighted by molar-refractivity contribution is -0.151. The number of carbonyl (C=O) groups is 1. The number of allylic oxidation sites excluding steroid dienone is 1. The van der Waals surface area contributed by atoms with E-state index in [-0.39, 0.29) is 12.5 Å². The third kappa shape index (κ3) is 3.47. The van der Waals surface area contributed by atoms with E-state index in [4.69, 9.17) is 5.11 Å². The van der Waals surface area contributed by atoms with Crippen LogP contribution in [0.5, 0.6) is 0 Å². The zero-order valence-electron chi connectivity index (χ0n) is 8.64. The van der Waals surface area contributed by atoms with Crippen molar-refractivity contribution in [3.8, 4) is 0 Å². The molecule has 0 saturated carbocycles. The zero-order chi connectivity index (χ0) is 11.1. The Hall–Kier alpha value is -0.870. The summed E-state index contributed by atoms with van der Waals surface area (Å²) in [4.78, 5) is 11.3. The summed E-state index contributed by atoms with van der Waals surface area (Å²) >= 11 is 0. The maximum absolute atomic E-state index is 11.3. The van der Waals surface area contributed by atoms with Crippen molar-refractivity contribution in [2.45, 2.75) is 19.4 Å². The number of aliphatic hydroxyl groups excluding tert-OH is 2. The summed E-state index contributed by atoms with van der Waals surface area (Å²) in [5.41, 5.74) is 0. The van der Waals surface area contributed by atoms with Gasteiger partial charge in [-0.2, -0.15) is 0 Å². The summed E-state index contributed by atoms with van der Waals surface area (Å²) in [6, 6.07) is 0. The van der Waals surface area contributed by atoms with E-state index in [0.717, 1.165) is 0 Å². The highest BCUT2D eigenvalue weighted by atomic mass is 16.5. The Balaban J connectivity index is 4.46. The van der Waals surface area contributed by atoms with Crippen molar-refractivity contribution in [1.82, 2.24) is 0 Å².